The van der Waals surface area contributed by atoms with E-state index >= 15 is 0 Å². The highest BCUT2D eigenvalue weighted by Crippen LogP contribution is 2.19. The summed E-state index contributed by atoms with van der Waals surface area (Å²) in [5, 5.41) is 12.9. The van der Waals surface area contributed by atoms with Crippen LogP contribution in [0.2, 0.25) is 0 Å². The van der Waals surface area contributed by atoms with Crippen LogP contribution in [-0.2, 0) is 6.54 Å². The van der Waals surface area contributed by atoms with E-state index in [4.69, 9.17) is 0 Å². The number of imidazole rings is 1. The number of hydrogen-bond acceptors (Lipinski definition) is 3. The highest BCUT2D eigenvalue weighted by Gasteiger charge is 2.24. The Morgan fingerprint density at radius 3 is 3.07 bits per heavy atom. The molecular weight excluding hydrogens is 178 g/mol. The molecule has 1 aromatic heterocycles. The summed E-state index contributed by atoms with van der Waals surface area (Å²) in [6.07, 6.45) is 4.66. The first-order valence-corrected chi connectivity index (χ1v) is 5.17. The molecule has 14 heavy (non-hydrogen) atoms. The molecule has 0 amide bonds. The number of hydrogen-bond donors (Lipinski definition) is 3. The van der Waals surface area contributed by atoms with E-state index < -0.39 is 0 Å². The number of aromatic nitrogens is 2. The van der Waals surface area contributed by atoms with Gasteiger partial charge in [-0.2, -0.15) is 0 Å². The number of rotatable bonds is 3. The quantitative estimate of drug-likeness (QED) is 0.666. The smallest absolute Gasteiger partial charge is 0.0925 e. The molecule has 1 fully saturated rings. The topological polar surface area (TPSA) is 60.9 Å². The summed E-state index contributed by atoms with van der Waals surface area (Å²) in [4.78, 5) is 7.24. The molecule has 4 nitrogen and oxygen atoms in total. The summed E-state index contributed by atoms with van der Waals surface area (Å²) in [6, 6.07) is 0.256. The zero-order valence-corrected chi connectivity index (χ0v) is 8.45. The lowest BCUT2D eigenvalue weighted by Crippen LogP contribution is -2.35. The Hall–Kier alpha value is -0.870. The second-order valence-electron chi connectivity index (χ2n) is 3.96. The third-order valence-electron chi connectivity index (χ3n) is 2.95. The van der Waals surface area contributed by atoms with E-state index in [1.807, 2.05) is 6.92 Å². The van der Waals surface area contributed by atoms with Crippen LogP contribution in [0.5, 0.6) is 0 Å². The van der Waals surface area contributed by atoms with Gasteiger partial charge in [-0.1, -0.05) is 0 Å². The van der Waals surface area contributed by atoms with Crippen molar-refractivity contribution >= 4 is 0 Å². The molecule has 0 saturated heterocycles. The maximum Gasteiger partial charge on any atom is 0.0925 e. The maximum absolute atomic E-state index is 9.60. The maximum atomic E-state index is 9.60. The molecule has 0 bridgehead atoms. The fourth-order valence-electron chi connectivity index (χ4n) is 1.97. The van der Waals surface area contributed by atoms with Crippen LogP contribution < -0.4 is 5.32 Å². The summed E-state index contributed by atoms with van der Waals surface area (Å²) in [7, 11) is 0. The molecule has 3 N–H and O–H groups in total. The summed E-state index contributed by atoms with van der Waals surface area (Å²) in [5.74, 6) is 0. The number of aliphatic hydroxyl groups excluding tert-OH is 1. The van der Waals surface area contributed by atoms with Crippen LogP contribution in [0.4, 0.5) is 0 Å². The molecule has 1 saturated carbocycles. The first-order chi connectivity index (χ1) is 6.77. The van der Waals surface area contributed by atoms with Crippen molar-refractivity contribution in [3.63, 3.8) is 0 Å². The predicted molar refractivity (Wildman–Crippen MR) is 53.8 cm³/mol. The van der Waals surface area contributed by atoms with Crippen LogP contribution in [0.15, 0.2) is 6.33 Å². The summed E-state index contributed by atoms with van der Waals surface area (Å²) < 4.78 is 0. The Morgan fingerprint density at radius 2 is 2.50 bits per heavy atom. The molecule has 1 aromatic rings. The third-order valence-corrected chi connectivity index (χ3v) is 2.95. The number of aryl methyl sites for hydroxylation is 1. The molecule has 2 rings (SSSR count). The molecule has 1 aliphatic rings. The van der Waals surface area contributed by atoms with Gasteiger partial charge >= 0.3 is 0 Å². The Balaban J connectivity index is 1.85. The van der Waals surface area contributed by atoms with Crippen LogP contribution in [-0.4, -0.2) is 27.2 Å². The molecule has 4 heteroatoms. The monoisotopic (exact) mass is 195 g/mol. The van der Waals surface area contributed by atoms with E-state index in [9.17, 15) is 5.11 Å². The summed E-state index contributed by atoms with van der Waals surface area (Å²) in [6.45, 7) is 2.76. The lowest BCUT2D eigenvalue weighted by molar-refractivity contribution is 0.148. The minimum atomic E-state index is -0.172. The molecule has 2 unspecified atom stereocenters. The Bertz CT molecular complexity index is 297. The van der Waals surface area contributed by atoms with E-state index in [1.54, 1.807) is 6.33 Å². The molecule has 0 aromatic carbocycles. The van der Waals surface area contributed by atoms with Gasteiger partial charge in [0.05, 0.1) is 18.1 Å². The van der Waals surface area contributed by atoms with Gasteiger partial charge in [-0.25, -0.2) is 4.98 Å². The van der Waals surface area contributed by atoms with Gasteiger partial charge in [-0.05, 0) is 26.2 Å². The molecule has 0 aliphatic heterocycles. The number of nitrogens with zero attached hydrogens (tertiary/aromatic N) is 1. The van der Waals surface area contributed by atoms with Gasteiger partial charge in [-0.15, -0.1) is 0 Å². The Morgan fingerprint density at radius 1 is 1.64 bits per heavy atom. The van der Waals surface area contributed by atoms with Crippen molar-refractivity contribution in [2.45, 2.75) is 44.9 Å². The fraction of sp³-hybridized carbons (Fsp3) is 0.700. The number of aromatic amines is 1. The van der Waals surface area contributed by atoms with Crippen molar-refractivity contribution in [3.05, 3.63) is 17.7 Å². The molecule has 0 spiro atoms. The fourth-order valence-corrected chi connectivity index (χ4v) is 1.97. The van der Waals surface area contributed by atoms with E-state index in [0.29, 0.717) is 0 Å². The van der Waals surface area contributed by atoms with Crippen molar-refractivity contribution in [1.29, 1.82) is 0 Å². The first-order valence-electron chi connectivity index (χ1n) is 5.17. The van der Waals surface area contributed by atoms with E-state index in [1.165, 1.54) is 0 Å². The second-order valence-corrected chi connectivity index (χ2v) is 3.96. The highest BCUT2D eigenvalue weighted by atomic mass is 16.3. The van der Waals surface area contributed by atoms with Crippen LogP contribution >= 0.6 is 0 Å². The van der Waals surface area contributed by atoms with Gasteiger partial charge in [0.1, 0.15) is 0 Å². The SMILES string of the molecule is Cc1[nH]cnc1CNC1CCCC1O. The van der Waals surface area contributed by atoms with Crippen LogP contribution in [0.3, 0.4) is 0 Å². The summed E-state index contributed by atoms with van der Waals surface area (Å²) >= 11 is 0. The van der Waals surface area contributed by atoms with Gasteiger partial charge in [0.15, 0.2) is 0 Å². The van der Waals surface area contributed by atoms with Crippen molar-refractivity contribution < 1.29 is 5.11 Å². The normalized spacial score (nSPS) is 27.0. The second kappa shape index (κ2) is 4.11. The first kappa shape index (κ1) is 9.68. The zero-order valence-electron chi connectivity index (χ0n) is 8.45. The Kier molecular flexibility index (Phi) is 2.84. The van der Waals surface area contributed by atoms with Gasteiger partial charge in [-0.3, -0.25) is 0 Å². The van der Waals surface area contributed by atoms with E-state index in [2.05, 4.69) is 15.3 Å². The molecule has 1 aliphatic carbocycles. The molecule has 78 valence electrons. The lowest BCUT2D eigenvalue weighted by Gasteiger charge is -2.15. The zero-order chi connectivity index (χ0) is 9.97. The van der Waals surface area contributed by atoms with Gasteiger partial charge in [0, 0.05) is 18.3 Å². The van der Waals surface area contributed by atoms with Crippen LogP contribution in [0.1, 0.15) is 30.7 Å². The van der Waals surface area contributed by atoms with E-state index in [0.717, 1.165) is 37.2 Å². The molecule has 0 radical (unpaired) electrons. The van der Waals surface area contributed by atoms with Gasteiger partial charge in [0.2, 0.25) is 0 Å². The number of H-pyrrole nitrogens is 1. The van der Waals surface area contributed by atoms with Gasteiger partial charge < -0.3 is 15.4 Å². The predicted octanol–water partition coefficient (Wildman–Crippen LogP) is 0.721. The Labute approximate surface area is 83.8 Å². The van der Waals surface area contributed by atoms with Crippen LogP contribution in [0.25, 0.3) is 0 Å². The van der Waals surface area contributed by atoms with Crippen molar-refractivity contribution in [2.24, 2.45) is 0 Å². The summed E-state index contributed by atoms with van der Waals surface area (Å²) in [5.41, 5.74) is 2.15. The molecular formula is C10H17N3O. The minimum absolute atomic E-state index is 0.172. The third kappa shape index (κ3) is 1.96. The highest BCUT2D eigenvalue weighted by molar-refractivity contribution is 5.08. The molecule has 1 heterocycles. The average molecular weight is 195 g/mol. The van der Waals surface area contributed by atoms with Crippen molar-refractivity contribution in [3.8, 4) is 0 Å². The number of nitrogens with one attached hydrogen (secondary N) is 2. The van der Waals surface area contributed by atoms with E-state index in [-0.39, 0.29) is 12.1 Å². The largest absolute Gasteiger partial charge is 0.392 e. The standard InChI is InChI=1S/C10H17N3O/c1-7-9(13-6-12-7)5-11-8-3-2-4-10(8)14/h6,8,10-11,14H,2-5H2,1H3,(H,12,13). The lowest BCUT2D eigenvalue weighted by atomic mass is 10.2. The molecule has 2 atom stereocenters. The van der Waals surface area contributed by atoms with Crippen molar-refractivity contribution in [1.82, 2.24) is 15.3 Å². The van der Waals surface area contributed by atoms with Gasteiger partial charge in [0.25, 0.3) is 0 Å². The average Bonchev–Trinajstić information content (AvgIpc) is 2.72. The van der Waals surface area contributed by atoms with Crippen LogP contribution in [0, 0.1) is 6.92 Å². The minimum Gasteiger partial charge on any atom is -0.392 e. The number of aliphatic hydroxyl groups is 1. The van der Waals surface area contributed by atoms with Crippen molar-refractivity contribution in [2.75, 3.05) is 0 Å².